The molecule has 0 bridgehead atoms. The van der Waals surface area contributed by atoms with Crippen LogP contribution in [0, 0.1) is 5.82 Å². The summed E-state index contributed by atoms with van der Waals surface area (Å²) < 4.78 is 18.2. The van der Waals surface area contributed by atoms with Crippen LogP contribution in [0.5, 0.6) is 5.75 Å². The monoisotopic (exact) mass is 263 g/mol. The van der Waals surface area contributed by atoms with Gasteiger partial charge in [0.15, 0.2) is 5.78 Å². The number of hydrogen-bond donors (Lipinski definition) is 1. The Morgan fingerprint density at radius 1 is 1.42 bits per heavy atom. The average molecular weight is 263 g/mol. The molecule has 0 fully saturated rings. The molecule has 0 spiro atoms. The topological polar surface area (TPSA) is 53.7 Å². The first-order chi connectivity index (χ1) is 9.06. The lowest BCUT2D eigenvalue weighted by Gasteiger charge is -2.14. The highest BCUT2D eigenvalue weighted by atomic mass is 19.1. The Hall–Kier alpha value is -2.14. The number of carbonyl (C=O) groups is 1. The molecule has 0 atom stereocenters. The van der Waals surface area contributed by atoms with Gasteiger partial charge in [0.05, 0.1) is 24.9 Å². The number of nitrogens with zero attached hydrogens (tertiary/aromatic N) is 1. The summed E-state index contributed by atoms with van der Waals surface area (Å²) in [6.07, 6.45) is 1.56. The van der Waals surface area contributed by atoms with Gasteiger partial charge < -0.3 is 9.52 Å². The van der Waals surface area contributed by atoms with E-state index in [0.29, 0.717) is 6.54 Å². The summed E-state index contributed by atoms with van der Waals surface area (Å²) in [7, 11) is 1.75. The molecule has 1 heterocycles. The predicted octanol–water partition coefficient (Wildman–Crippen LogP) is 2.44. The van der Waals surface area contributed by atoms with E-state index in [0.717, 1.165) is 17.9 Å². The number of halogens is 1. The lowest BCUT2D eigenvalue weighted by molar-refractivity contribution is 0.0936. The van der Waals surface area contributed by atoms with Gasteiger partial charge in [-0.3, -0.25) is 9.69 Å². The summed E-state index contributed by atoms with van der Waals surface area (Å²) in [6, 6.07) is 6.90. The van der Waals surface area contributed by atoms with Crippen LogP contribution in [0.1, 0.15) is 16.1 Å². The molecule has 0 radical (unpaired) electrons. The Morgan fingerprint density at radius 2 is 2.21 bits per heavy atom. The highest BCUT2D eigenvalue weighted by Crippen LogP contribution is 2.18. The minimum absolute atomic E-state index is 0.00806. The zero-order chi connectivity index (χ0) is 13.8. The first-order valence-corrected chi connectivity index (χ1v) is 5.79. The smallest absolute Gasteiger partial charge is 0.180 e. The lowest BCUT2D eigenvalue weighted by Crippen LogP contribution is -2.25. The van der Waals surface area contributed by atoms with Gasteiger partial charge in [-0.05, 0) is 37.4 Å². The molecule has 1 N–H and O–H groups in total. The number of likely N-dealkylation sites (N-methyl/N-ethyl adjacent to an activating group) is 1. The van der Waals surface area contributed by atoms with Crippen LogP contribution in [-0.2, 0) is 6.54 Å². The number of aromatic hydroxyl groups is 1. The molecule has 0 saturated carbocycles. The third-order valence-corrected chi connectivity index (χ3v) is 2.68. The fourth-order valence-corrected chi connectivity index (χ4v) is 1.79. The van der Waals surface area contributed by atoms with E-state index in [-0.39, 0.29) is 23.6 Å². The molecule has 0 saturated heterocycles. The molecule has 5 heteroatoms. The van der Waals surface area contributed by atoms with Crippen molar-refractivity contribution in [2.45, 2.75) is 6.54 Å². The molecule has 0 aliphatic rings. The molecule has 1 aromatic carbocycles. The molecule has 2 rings (SSSR count). The van der Waals surface area contributed by atoms with Gasteiger partial charge in [0.25, 0.3) is 0 Å². The van der Waals surface area contributed by atoms with E-state index in [2.05, 4.69) is 0 Å². The molecular weight excluding hydrogens is 249 g/mol. The van der Waals surface area contributed by atoms with Gasteiger partial charge in [0, 0.05) is 0 Å². The predicted molar refractivity (Wildman–Crippen MR) is 67.4 cm³/mol. The number of furan rings is 1. The van der Waals surface area contributed by atoms with Crippen molar-refractivity contribution >= 4 is 5.78 Å². The van der Waals surface area contributed by atoms with Crippen molar-refractivity contribution in [3.63, 3.8) is 0 Å². The van der Waals surface area contributed by atoms with Gasteiger partial charge in [-0.1, -0.05) is 0 Å². The largest absolute Gasteiger partial charge is 0.507 e. The summed E-state index contributed by atoms with van der Waals surface area (Å²) >= 11 is 0. The summed E-state index contributed by atoms with van der Waals surface area (Å²) in [4.78, 5) is 13.7. The first kappa shape index (κ1) is 13.3. The van der Waals surface area contributed by atoms with Crippen molar-refractivity contribution in [3.05, 3.63) is 53.7 Å². The second-order valence-electron chi connectivity index (χ2n) is 4.34. The van der Waals surface area contributed by atoms with E-state index in [4.69, 9.17) is 4.42 Å². The lowest BCUT2D eigenvalue weighted by atomic mass is 10.1. The van der Waals surface area contributed by atoms with E-state index in [1.54, 1.807) is 30.3 Å². The Kier molecular flexibility index (Phi) is 3.97. The van der Waals surface area contributed by atoms with Crippen LogP contribution in [0.25, 0.3) is 0 Å². The van der Waals surface area contributed by atoms with Crippen molar-refractivity contribution in [1.82, 2.24) is 4.90 Å². The van der Waals surface area contributed by atoms with Gasteiger partial charge in [0.1, 0.15) is 17.3 Å². The van der Waals surface area contributed by atoms with Crippen LogP contribution in [0.3, 0.4) is 0 Å². The second kappa shape index (κ2) is 5.67. The van der Waals surface area contributed by atoms with Gasteiger partial charge in [-0.25, -0.2) is 4.39 Å². The number of ketones is 1. The summed E-state index contributed by atoms with van der Waals surface area (Å²) in [5, 5.41) is 9.55. The van der Waals surface area contributed by atoms with E-state index in [1.807, 2.05) is 0 Å². The number of carbonyl (C=O) groups excluding carboxylic acids is 1. The molecule has 4 nitrogen and oxygen atoms in total. The minimum atomic E-state index is -0.546. The van der Waals surface area contributed by atoms with E-state index < -0.39 is 5.82 Å². The molecule has 0 unspecified atom stereocenters. The summed E-state index contributed by atoms with van der Waals surface area (Å²) in [6.45, 7) is 0.534. The van der Waals surface area contributed by atoms with E-state index >= 15 is 0 Å². The molecule has 19 heavy (non-hydrogen) atoms. The van der Waals surface area contributed by atoms with Gasteiger partial charge in [-0.2, -0.15) is 0 Å². The third-order valence-electron chi connectivity index (χ3n) is 2.68. The van der Waals surface area contributed by atoms with Gasteiger partial charge in [0.2, 0.25) is 0 Å². The Morgan fingerprint density at radius 3 is 2.89 bits per heavy atom. The van der Waals surface area contributed by atoms with Crippen molar-refractivity contribution in [3.8, 4) is 5.75 Å². The maximum atomic E-state index is 13.1. The van der Waals surface area contributed by atoms with Crippen molar-refractivity contribution in [1.29, 1.82) is 0 Å². The standard InChI is InChI=1S/C14H14FNO3/c1-16(8-11-3-2-6-19-11)9-14(18)12-7-10(15)4-5-13(12)17/h2-7,17H,8-9H2,1H3. The van der Waals surface area contributed by atoms with Gasteiger partial charge >= 0.3 is 0 Å². The number of hydrogen-bond acceptors (Lipinski definition) is 4. The Bertz CT molecular complexity index is 566. The SMILES string of the molecule is CN(CC(=O)c1cc(F)ccc1O)Cc1ccco1. The van der Waals surface area contributed by atoms with Crippen LogP contribution < -0.4 is 0 Å². The first-order valence-electron chi connectivity index (χ1n) is 5.79. The maximum absolute atomic E-state index is 13.1. The average Bonchev–Trinajstić information content (AvgIpc) is 2.84. The van der Waals surface area contributed by atoms with Crippen LogP contribution in [0.2, 0.25) is 0 Å². The van der Waals surface area contributed by atoms with Crippen LogP contribution >= 0.6 is 0 Å². The fourth-order valence-electron chi connectivity index (χ4n) is 1.79. The normalized spacial score (nSPS) is 10.9. The van der Waals surface area contributed by atoms with Crippen molar-refractivity contribution < 1.29 is 18.7 Å². The number of Topliss-reactive ketones (excluding diaryl/α,β-unsaturated/α-hetero) is 1. The van der Waals surface area contributed by atoms with Crippen LogP contribution in [-0.4, -0.2) is 29.4 Å². The summed E-state index contributed by atoms with van der Waals surface area (Å²) in [5.41, 5.74) is -0.00806. The number of benzene rings is 1. The quantitative estimate of drug-likeness (QED) is 0.842. The van der Waals surface area contributed by atoms with E-state index in [1.165, 1.54) is 6.07 Å². The zero-order valence-electron chi connectivity index (χ0n) is 10.5. The summed E-state index contributed by atoms with van der Waals surface area (Å²) in [5.74, 6) is -0.363. The van der Waals surface area contributed by atoms with Crippen LogP contribution in [0.15, 0.2) is 41.0 Å². The van der Waals surface area contributed by atoms with Crippen molar-refractivity contribution in [2.24, 2.45) is 0 Å². The van der Waals surface area contributed by atoms with Crippen molar-refractivity contribution in [2.75, 3.05) is 13.6 Å². The fraction of sp³-hybridized carbons (Fsp3) is 0.214. The Balaban J connectivity index is 2.02. The second-order valence-corrected chi connectivity index (χ2v) is 4.34. The molecule has 2 aromatic rings. The maximum Gasteiger partial charge on any atom is 0.180 e. The Labute approximate surface area is 110 Å². The highest BCUT2D eigenvalue weighted by molar-refractivity contribution is 5.99. The number of phenolic OH excluding ortho intramolecular Hbond substituents is 1. The molecule has 1 aromatic heterocycles. The molecule has 0 aliphatic carbocycles. The minimum Gasteiger partial charge on any atom is -0.507 e. The zero-order valence-corrected chi connectivity index (χ0v) is 10.5. The van der Waals surface area contributed by atoms with Crippen LogP contribution in [0.4, 0.5) is 4.39 Å². The molecule has 100 valence electrons. The van der Waals surface area contributed by atoms with Gasteiger partial charge in [-0.15, -0.1) is 0 Å². The number of phenols is 1. The highest BCUT2D eigenvalue weighted by Gasteiger charge is 2.15. The van der Waals surface area contributed by atoms with E-state index in [9.17, 15) is 14.3 Å². The number of rotatable bonds is 5. The molecule has 0 amide bonds. The molecule has 0 aliphatic heterocycles. The third kappa shape index (κ3) is 3.42. The molecular formula is C14H14FNO3.